The van der Waals surface area contributed by atoms with E-state index < -0.39 is 5.82 Å². The van der Waals surface area contributed by atoms with Gasteiger partial charge in [-0.05, 0) is 55.5 Å². The molecule has 8 heteroatoms. The van der Waals surface area contributed by atoms with Gasteiger partial charge >= 0.3 is 0 Å². The number of fused-ring (bicyclic) bond motifs is 7. The van der Waals surface area contributed by atoms with Crippen LogP contribution in [0.5, 0.6) is 5.88 Å². The van der Waals surface area contributed by atoms with Crippen LogP contribution in [0.2, 0.25) is 0 Å². The van der Waals surface area contributed by atoms with Crippen molar-refractivity contribution >= 4 is 5.91 Å². The first kappa shape index (κ1) is 20.1. The van der Waals surface area contributed by atoms with Gasteiger partial charge < -0.3 is 19.9 Å². The maximum Gasteiger partial charge on any atom is 0.253 e. The highest BCUT2D eigenvalue weighted by Gasteiger charge is 2.69. The SMILES string of the molecule is CCN1CC2(C1)c1[nH]c3c(c1C(=O)NC21CC1)CCc1cnc(-c2cnc(OC)c(F)c2)cc1-3. The van der Waals surface area contributed by atoms with Gasteiger partial charge in [-0.15, -0.1) is 0 Å². The third-order valence-corrected chi connectivity index (χ3v) is 8.46. The molecule has 5 heterocycles. The highest BCUT2D eigenvalue weighted by molar-refractivity contribution is 6.02. The first-order chi connectivity index (χ1) is 16.5. The molecule has 34 heavy (non-hydrogen) atoms. The fourth-order valence-corrected chi connectivity index (χ4v) is 6.45. The van der Waals surface area contributed by atoms with Crippen molar-refractivity contribution in [3.05, 3.63) is 52.7 Å². The first-order valence-corrected chi connectivity index (χ1v) is 12.0. The molecule has 1 amide bonds. The molecule has 0 unspecified atom stereocenters. The van der Waals surface area contributed by atoms with E-state index in [-0.39, 0.29) is 22.7 Å². The van der Waals surface area contributed by atoms with Gasteiger partial charge in [-0.2, -0.15) is 0 Å². The molecule has 2 N–H and O–H groups in total. The number of likely N-dealkylation sites (tertiary alicyclic amines) is 1. The number of aryl methyl sites for hydroxylation is 1. The summed E-state index contributed by atoms with van der Waals surface area (Å²) in [5, 5.41) is 3.42. The molecule has 7 nitrogen and oxygen atoms in total. The minimum Gasteiger partial charge on any atom is -0.479 e. The lowest BCUT2D eigenvalue weighted by Gasteiger charge is -2.56. The minimum absolute atomic E-state index is 0.0343. The van der Waals surface area contributed by atoms with Crippen LogP contribution >= 0.6 is 0 Å². The summed E-state index contributed by atoms with van der Waals surface area (Å²) in [6.45, 7) is 5.16. The lowest BCUT2D eigenvalue weighted by molar-refractivity contribution is 0.0199. The van der Waals surface area contributed by atoms with E-state index >= 15 is 0 Å². The number of H-pyrrole nitrogens is 1. The maximum atomic E-state index is 14.3. The lowest BCUT2D eigenvalue weighted by Crippen LogP contribution is -2.72. The van der Waals surface area contributed by atoms with Crippen molar-refractivity contribution in [1.29, 1.82) is 0 Å². The first-order valence-electron chi connectivity index (χ1n) is 12.0. The molecular weight excluding hydrogens is 433 g/mol. The number of halogens is 1. The van der Waals surface area contributed by atoms with Crippen LogP contribution in [0.4, 0.5) is 4.39 Å². The van der Waals surface area contributed by atoms with Gasteiger partial charge in [-0.1, -0.05) is 6.92 Å². The van der Waals surface area contributed by atoms with Crippen LogP contribution in [0, 0.1) is 5.82 Å². The Morgan fingerprint density at radius 2 is 2.00 bits per heavy atom. The number of likely N-dealkylation sites (N-methyl/N-ethyl adjacent to an activating group) is 1. The van der Waals surface area contributed by atoms with Crippen LogP contribution in [-0.4, -0.2) is 58.0 Å². The second-order valence-electron chi connectivity index (χ2n) is 10.1. The Morgan fingerprint density at radius 1 is 1.18 bits per heavy atom. The molecular formula is C26H26FN5O2. The molecule has 1 saturated carbocycles. The zero-order chi connectivity index (χ0) is 23.2. The highest BCUT2D eigenvalue weighted by Crippen LogP contribution is 2.59. The Morgan fingerprint density at radius 3 is 2.71 bits per heavy atom. The van der Waals surface area contributed by atoms with Crippen molar-refractivity contribution in [3.8, 4) is 28.4 Å². The number of rotatable bonds is 3. The predicted molar refractivity (Wildman–Crippen MR) is 124 cm³/mol. The quantitative estimate of drug-likeness (QED) is 0.629. The molecule has 7 rings (SSSR count). The Kier molecular flexibility index (Phi) is 3.94. The van der Waals surface area contributed by atoms with Crippen LogP contribution in [0.1, 0.15) is 46.9 Å². The molecule has 0 radical (unpaired) electrons. The Bertz CT molecular complexity index is 1370. The molecule has 174 valence electrons. The largest absolute Gasteiger partial charge is 0.479 e. The van der Waals surface area contributed by atoms with Crippen LogP contribution < -0.4 is 10.1 Å². The summed E-state index contributed by atoms with van der Waals surface area (Å²) in [7, 11) is 1.40. The third-order valence-electron chi connectivity index (χ3n) is 8.46. The fraction of sp³-hybridized carbons (Fsp3) is 0.423. The number of ether oxygens (including phenoxy) is 1. The normalized spacial score (nSPS) is 20.9. The van der Waals surface area contributed by atoms with Gasteiger partial charge in [0.25, 0.3) is 5.91 Å². The van der Waals surface area contributed by atoms with E-state index in [4.69, 9.17) is 4.74 Å². The number of aromatic nitrogens is 3. The molecule has 4 aliphatic rings. The van der Waals surface area contributed by atoms with E-state index in [2.05, 4.69) is 32.1 Å². The molecule has 2 aliphatic heterocycles. The second-order valence-corrected chi connectivity index (χ2v) is 10.1. The van der Waals surface area contributed by atoms with E-state index in [0.717, 1.165) is 79.0 Å². The summed E-state index contributed by atoms with van der Waals surface area (Å²) in [6.07, 6.45) is 7.16. The maximum absolute atomic E-state index is 14.3. The van der Waals surface area contributed by atoms with Crippen LogP contribution in [0.3, 0.4) is 0 Å². The standard InChI is InChI=1S/C26H26FN5O2/c1-3-32-12-25(13-32)22-20(23(33)31-26(25)6-7-26)16-5-4-14-10-28-19(9-17(14)21(16)30-22)15-8-18(27)24(34-2)29-11-15/h8-11,30H,3-7,12-13H2,1-2H3,(H,31,33). The average Bonchev–Trinajstić information content (AvgIpc) is 3.46. The van der Waals surface area contributed by atoms with Crippen LogP contribution in [-0.2, 0) is 18.3 Å². The van der Waals surface area contributed by atoms with E-state index in [1.54, 1.807) is 6.20 Å². The van der Waals surface area contributed by atoms with Crippen molar-refractivity contribution in [2.75, 3.05) is 26.7 Å². The summed E-state index contributed by atoms with van der Waals surface area (Å²) in [4.78, 5) is 28.2. The number of methoxy groups -OCH3 is 1. The Balaban J connectivity index is 1.37. The molecule has 2 fully saturated rings. The monoisotopic (exact) mass is 459 g/mol. The number of nitrogens with one attached hydrogen (secondary N) is 2. The number of aromatic amines is 1. The number of nitrogens with zero attached hydrogens (tertiary/aromatic N) is 3. The van der Waals surface area contributed by atoms with Gasteiger partial charge in [0, 0.05) is 42.3 Å². The molecule has 0 aromatic carbocycles. The molecule has 3 aromatic rings. The number of carbonyl (C=O) groups excluding carboxylic acids is 1. The molecule has 1 saturated heterocycles. The topological polar surface area (TPSA) is 83.1 Å². The number of pyridine rings is 2. The average molecular weight is 460 g/mol. The second kappa shape index (κ2) is 6.66. The summed E-state index contributed by atoms with van der Waals surface area (Å²) in [6, 6.07) is 3.39. The summed E-state index contributed by atoms with van der Waals surface area (Å²) in [5.41, 5.74) is 7.35. The van der Waals surface area contributed by atoms with E-state index in [1.807, 2.05) is 12.3 Å². The number of hydrogen-bond acceptors (Lipinski definition) is 5. The van der Waals surface area contributed by atoms with Crippen LogP contribution in [0.15, 0.2) is 24.5 Å². The zero-order valence-electron chi connectivity index (χ0n) is 19.3. The van der Waals surface area contributed by atoms with Crippen molar-refractivity contribution < 1.29 is 13.9 Å². The molecule has 3 aromatic heterocycles. The summed E-state index contributed by atoms with van der Waals surface area (Å²) in [5.74, 6) is -0.493. The molecule has 0 bridgehead atoms. The van der Waals surface area contributed by atoms with Gasteiger partial charge in [0.15, 0.2) is 5.82 Å². The van der Waals surface area contributed by atoms with Gasteiger partial charge in [0.05, 0.1) is 35.0 Å². The summed E-state index contributed by atoms with van der Waals surface area (Å²) >= 11 is 0. The van der Waals surface area contributed by atoms with Crippen molar-refractivity contribution in [2.24, 2.45) is 0 Å². The lowest BCUT2D eigenvalue weighted by atomic mass is 9.65. The van der Waals surface area contributed by atoms with E-state index in [1.165, 1.54) is 13.2 Å². The molecule has 2 aliphatic carbocycles. The predicted octanol–water partition coefficient (Wildman–Crippen LogP) is 3.23. The Hall–Kier alpha value is -3.26. The van der Waals surface area contributed by atoms with Crippen LogP contribution in [0.25, 0.3) is 22.5 Å². The zero-order valence-corrected chi connectivity index (χ0v) is 19.3. The van der Waals surface area contributed by atoms with E-state index in [0.29, 0.717) is 11.3 Å². The number of hydrogen-bond donors (Lipinski definition) is 2. The van der Waals surface area contributed by atoms with Crippen molar-refractivity contribution in [1.82, 2.24) is 25.2 Å². The summed E-state index contributed by atoms with van der Waals surface area (Å²) < 4.78 is 19.3. The highest BCUT2D eigenvalue weighted by atomic mass is 19.1. The van der Waals surface area contributed by atoms with Crippen molar-refractivity contribution in [2.45, 2.75) is 43.6 Å². The van der Waals surface area contributed by atoms with E-state index in [9.17, 15) is 9.18 Å². The van der Waals surface area contributed by atoms with Gasteiger partial charge in [-0.3, -0.25) is 9.78 Å². The number of amides is 1. The van der Waals surface area contributed by atoms with Gasteiger partial charge in [0.1, 0.15) is 0 Å². The minimum atomic E-state index is -0.519. The molecule has 2 spiro atoms. The van der Waals surface area contributed by atoms with Crippen molar-refractivity contribution in [3.63, 3.8) is 0 Å². The molecule has 0 atom stereocenters. The fourth-order valence-electron chi connectivity index (χ4n) is 6.45. The Labute approximate surface area is 196 Å². The smallest absolute Gasteiger partial charge is 0.253 e. The third kappa shape index (κ3) is 2.46. The van der Waals surface area contributed by atoms with Gasteiger partial charge in [0.2, 0.25) is 5.88 Å². The number of carbonyl (C=O) groups is 1. The van der Waals surface area contributed by atoms with Gasteiger partial charge in [-0.25, -0.2) is 9.37 Å².